The summed E-state index contributed by atoms with van der Waals surface area (Å²) in [5, 5.41) is 2.87. The Morgan fingerprint density at radius 3 is 2.15 bits per heavy atom. The summed E-state index contributed by atoms with van der Waals surface area (Å²) >= 11 is 0. The first kappa shape index (κ1) is 12.4. The topological polar surface area (TPSA) is 75.3 Å². The third kappa shape index (κ3) is 4.84. The van der Waals surface area contributed by atoms with Crippen molar-refractivity contribution < 1.29 is 13.2 Å². The molecule has 0 aromatic heterocycles. The molecule has 0 aliphatic rings. The molecule has 0 rings (SSSR count). The smallest absolute Gasteiger partial charge is 0.253 e. The fourth-order valence-electron chi connectivity index (χ4n) is 0.818. The predicted octanol–water partition coefficient (Wildman–Crippen LogP) is -0.550. The first-order valence-corrected chi connectivity index (χ1v) is 5.85. The first-order valence-electron chi connectivity index (χ1n) is 3.96. The average Bonchev–Trinajstić information content (AvgIpc) is 1.82. The molecule has 0 aromatic carbocycles. The molecule has 0 bridgehead atoms. The largest absolute Gasteiger partial charge is 0.304 e. The molecule has 0 saturated carbocycles. The van der Waals surface area contributed by atoms with Crippen LogP contribution in [0.5, 0.6) is 0 Å². The van der Waals surface area contributed by atoms with Crippen molar-refractivity contribution in [3.8, 4) is 0 Å². The van der Waals surface area contributed by atoms with Crippen LogP contribution >= 0.6 is 0 Å². The molecule has 13 heavy (non-hydrogen) atoms. The van der Waals surface area contributed by atoms with Crippen molar-refractivity contribution in [2.24, 2.45) is 0 Å². The summed E-state index contributed by atoms with van der Waals surface area (Å²) in [7, 11) is -3.46. The minimum Gasteiger partial charge on any atom is -0.304 e. The summed E-state index contributed by atoms with van der Waals surface area (Å²) in [6.07, 6.45) is 0.951. The zero-order valence-electron chi connectivity index (χ0n) is 8.34. The maximum absolute atomic E-state index is 11.3. The molecule has 0 unspecified atom stereocenters. The summed E-state index contributed by atoms with van der Waals surface area (Å²) in [6, 6.07) is 0. The van der Waals surface area contributed by atoms with Gasteiger partial charge < -0.3 is 5.32 Å². The van der Waals surface area contributed by atoms with E-state index in [9.17, 15) is 13.2 Å². The lowest BCUT2D eigenvalue weighted by molar-refractivity contribution is -0.124. The van der Waals surface area contributed by atoms with Crippen molar-refractivity contribution in [2.75, 3.05) is 12.8 Å². The Labute approximate surface area is 79.0 Å². The van der Waals surface area contributed by atoms with Crippen molar-refractivity contribution >= 4 is 15.9 Å². The minimum absolute atomic E-state index is 0.545. The Balaban J connectivity index is 4.43. The first-order chi connectivity index (χ1) is 5.69. The van der Waals surface area contributed by atoms with Gasteiger partial charge in [-0.05, 0) is 20.4 Å². The number of carbonyl (C=O) groups is 1. The van der Waals surface area contributed by atoms with E-state index >= 15 is 0 Å². The Bertz CT molecular complexity index is 282. The van der Waals surface area contributed by atoms with Crippen molar-refractivity contribution in [1.82, 2.24) is 10.0 Å². The summed E-state index contributed by atoms with van der Waals surface area (Å²) in [6.45, 7) is 5.69. The fourth-order valence-corrected chi connectivity index (χ4v) is 1.41. The summed E-state index contributed by atoms with van der Waals surface area (Å²) in [5.41, 5.74) is -0.863. The van der Waals surface area contributed by atoms with Gasteiger partial charge in [-0.3, -0.25) is 9.52 Å². The number of carbonyl (C=O) groups excluding carboxylic acids is 1. The second kappa shape index (κ2) is 4.06. The van der Waals surface area contributed by atoms with Crippen LogP contribution in [0.1, 0.15) is 20.8 Å². The number of amides is 1. The van der Waals surface area contributed by atoms with Gasteiger partial charge in [0.15, 0.2) is 0 Å². The molecule has 2 N–H and O–H groups in total. The third-order valence-electron chi connectivity index (χ3n) is 1.46. The van der Waals surface area contributed by atoms with Gasteiger partial charge in [0.2, 0.25) is 10.0 Å². The number of likely N-dealkylation sites (N-methyl/N-ethyl adjacent to an activating group) is 1. The molecule has 0 aliphatic carbocycles. The van der Waals surface area contributed by atoms with Crippen LogP contribution in [0.4, 0.5) is 0 Å². The van der Waals surface area contributed by atoms with Gasteiger partial charge in [0, 0.05) is 0 Å². The molecule has 6 heteroatoms. The van der Waals surface area contributed by atoms with Crippen LogP contribution < -0.4 is 10.0 Å². The van der Waals surface area contributed by atoms with Gasteiger partial charge in [-0.2, -0.15) is 0 Å². The van der Waals surface area contributed by atoms with Crippen molar-refractivity contribution in [2.45, 2.75) is 26.3 Å². The summed E-state index contributed by atoms with van der Waals surface area (Å²) in [4.78, 5) is 11.3. The van der Waals surface area contributed by atoms with Gasteiger partial charge in [-0.25, -0.2) is 8.42 Å². The van der Waals surface area contributed by atoms with E-state index in [1.165, 1.54) is 0 Å². The van der Waals surface area contributed by atoms with Crippen LogP contribution in [0.15, 0.2) is 0 Å². The van der Waals surface area contributed by atoms with E-state index in [1.54, 1.807) is 13.8 Å². The molecule has 0 saturated heterocycles. The highest BCUT2D eigenvalue weighted by molar-refractivity contribution is 7.89. The Morgan fingerprint density at radius 1 is 1.38 bits per heavy atom. The number of hydrogen-bond acceptors (Lipinski definition) is 4. The van der Waals surface area contributed by atoms with Crippen LogP contribution in [0.3, 0.4) is 0 Å². The van der Waals surface area contributed by atoms with Crippen LogP contribution in [-0.4, -0.2) is 32.7 Å². The molecule has 1 amide bonds. The maximum Gasteiger partial charge on any atom is 0.253 e. The highest BCUT2D eigenvalue weighted by Gasteiger charge is 2.28. The summed E-state index contributed by atoms with van der Waals surface area (Å²) in [5.74, 6) is -0.545. The molecule has 0 aliphatic heterocycles. The van der Waals surface area contributed by atoms with Crippen molar-refractivity contribution in [3.63, 3.8) is 0 Å². The van der Waals surface area contributed by atoms with Gasteiger partial charge in [0.25, 0.3) is 5.91 Å². The van der Waals surface area contributed by atoms with Gasteiger partial charge >= 0.3 is 0 Å². The molecular formula is C7H16N2O3S. The average molecular weight is 208 g/mol. The molecule has 0 atom stereocenters. The molecule has 0 aromatic rings. The van der Waals surface area contributed by atoms with Gasteiger partial charge in [0.05, 0.1) is 11.8 Å². The highest BCUT2D eigenvalue weighted by atomic mass is 32.2. The second-order valence-electron chi connectivity index (χ2n) is 3.36. The highest BCUT2D eigenvalue weighted by Crippen LogP contribution is 2.01. The van der Waals surface area contributed by atoms with E-state index in [0.29, 0.717) is 6.54 Å². The van der Waals surface area contributed by atoms with E-state index in [1.807, 2.05) is 11.6 Å². The van der Waals surface area contributed by atoms with Crippen molar-refractivity contribution in [3.05, 3.63) is 0 Å². The lowest BCUT2D eigenvalue weighted by Gasteiger charge is -2.23. The number of sulfonamides is 1. The van der Waals surface area contributed by atoms with Gasteiger partial charge in [0.1, 0.15) is 0 Å². The molecule has 0 fully saturated rings. The van der Waals surface area contributed by atoms with E-state index in [2.05, 4.69) is 5.32 Å². The monoisotopic (exact) mass is 208 g/mol. The Hall–Kier alpha value is -0.620. The molecule has 5 nitrogen and oxygen atoms in total. The molecule has 0 radical (unpaired) electrons. The molecule has 0 heterocycles. The normalized spacial score (nSPS) is 12.6. The summed E-state index contributed by atoms with van der Waals surface area (Å²) < 4.78 is 23.4. The van der Waals surface area contributed by atoms with Gasteiger partial charge in [-0.1, -0.05) is 6.92 Å². The number of rotatable bonds is 4. The fraction of sp³-hybridized carbons (Fsp3) is 0.857. The Kier molecular flexibility index (Phi) is 3.87. The van der Waals surface area contributed by atoms with E-state index < -0.39 is 21.5 Å². The lowest BCUT2D eigenvalue weighted by Crippen LogP contribution is -2.53. The van der Waals surface area contributed by atoms with Crippen LogP contribution in [0.2, 0.25) is 0 Å². The SMILES string of the molecule is CCNC(C)(C)C(=O)NS(C)(=O)=O. The lowest BCUT2D eigenvalue weighted by atomic mass is 10.1. The predicted molar refractivity (Wildman–Crippen MR) is 50.7 cm³/mol. The molecular weight excluding hydrogens is 192 g/mol. The zero-order valence-corrected chi connectivity index (χ0v) is 9.16. The van der Waals surface area contributed by atoms with E-state index in [4.69, 9.17) is 0 Å². The van der Waals surface area contributed by atoms with E-state index in [0.717, 1.165) is 6.26 Å². The number of hydrogen-bond donors (Lipinski definition) is 2. The minimum atomic E-state index is -3.46. The van der Waals surface area contributed by atoms with Crippen molar-refractivity contribution in [1.29, 1.82) is 0 Å². The maximum atomic E-state index is 11.3. The van der Waals surface area contributed by atoms with Crippen LogP contribution in [0, 0.1) is 0 Å². The number of nitrogens with one attached hydrogen (secondary N) is 2. The van der Waals surface area contributed by atoms with Crippen LogP contribution in [-0.2, 0) is 14.8 Å². The quantitative estimate of drug-likeness (QED) is 0.650. The van der Waals surface area contributed by atoms with Crippen LogP contribution in [0.25, 0.3) is 0 Å². The zero-order chi connectivity index (χ0) is 10.7. The van der Waals surface area contributed by atoms with Gasteiger partial charge in [-0.15, -0.1) is 0 Å². The molecule has 78 valence electrons. The third-order valence-corrected chi connectivity index (χ3v) is 2.02. The molecule has 0 spiro atoms. The Morgan fingerprint density at radius 2 is 1.85 bits per heavy atom. The second-order valence-corrected chi connectivity index (χ2v) is 5.11. The van der Waals surface area contributed by atoms with E-state index in [-0.39, 0.29) is 0 Å². The standard InChI is InChI=1S/C7H16N2O3S/c1-5-8-7(2,3)6(10)9-13(4,11)12/h8H,5H2,1-4H3,(H,9,10).